The maximum Gasteiger partial charge on any atom is 0.258 e. The molecule has 0 bridgehead atoms. The van der Waals surface area contributed by atoms with E-state index >= 15 is 0 Å². The quantitative estimate of drug-likeness (QED) is 0.320. The summed E-state index contributed by atoms with van der Waals surface area (Å²) in [5.41, 5.74) is 3.22. The predicted octanol–water partition coefficient (Wildman–Crippen LogP) is 5.53. The summed E-state index contributed by atoms with van der Waals surface area (Å²) >= 11 is 0. The zero-order valence-corrected chi connectivity index (χ0v) is 20.2. The molecule has 3 rings (SSSR count). The van der Waals surface area contributed by atoms with Gasteiger partial charge in [-0.05, 0) is 55.0 Å². The first-order chi connectivity index (χ1) is 17.0. The minimum atomic E-state index is -0.241. The van der Waals surface area contributed by atoms with E-state index in [9.17, 15) is 14.4 Å². The average molecular weight is 473 g/mol. The number of nitrogens with one attached hydrogen (secondary N) is 3. The second-order valence-corrected chi connectivity index (χ2v) is 8.27. The van der Waals surface area contributed by atoms with Crippen LogP contribution in [0.4, 0.5) is 22.7 Å². The molecule has 0 fully saturated rings. The number of hydrogen-bond acceptors (Lipinski definition) is 4. The lowest BCUT2D eigenvalue weighted by molar-refractivity contribution is -0.116. The number of unbranched alkanes of at least 4 members (excludes halogenated alkanes) is 2. The lowest BCUT2D eigenvalue weighted by atomic mass is 10.1. The SMILES string of the molecule is CCCCCC(=O)Nc1cccc(NC(=O)CNc2cccc(C(=O)N(C)c3ccccc3)c2)c1. The monoisotopic (exact) mass is 472 g/mol. The molecule has 0 unspecified atom stereocenters. The fourth-order valence-electron chi connectivity index (χ4n) is 3.55. The Labute approximate surface area is 206 Å². The van der Waals surface area contributed by atoms with Crippen molar-refractivity contribution in [1.29, 1.82) is 0 Å². The maximum absolute atomic E-state index is 12.8. The van der Waals surface area contributed by atoms with Crippen molar-refractivity contribution in [1.82, 2.24) is 0 Å². The summed E-state index contributed by atoms with van der Waals surface area (Å²) < 4.78 is 0. The van der Waals surface area contributed by atoms with E-state index in [2.05, 4.69) is 22.9 Å². The molecule has 0 spiro atoms. The third-order valence-electron chi connectivity index (χ3n) is 5.45. The molecule has 0 aliphatic rings. The number of nitrogens with zero attached hydrogens (tertiary/aromatic N) is 1. The van der Waals surface area contributed by atoms with E-state index in [-0.39, 0.29) is 24.3 Å². The Morgan fingerprint density at radius 2 is 1.40 bits per heavy atom. The lowest BCUT2D eigenvalue weighted by Gasteiger charge is -2.18. The van der Waals surface area contributed by atoms with Gasteiger partial charge in [-0.25, -0.2) is 0 Å². The van der Waals surface area contributed by atoms with E-state index in [4.69, 9.17) is 0 Å². The van der Waals surface area contributed by atoms with Gasteiger partial charge in [-0.3, -0.25) is 14.4 Å². The third-order valence-corrected chi connectivity index (χ3v) is 5.45. The van der Waals surface area contributed by atoms with Crippen molar-refractivity contribution < 1.29 is 14.4 Å². The molecule has 0 saturated carbocycles. The highest BCUT2D eigenvalue weighted by molar-refractivity contribution is 6.06. The molecule has 0 aliphatic carbocycles. The number of benzene rings is 3. The lowest BCUT2D eigenvalue weighted by Crippen LogP contribution is -2.26. The molecule has 0 saturated heterocycles. The summed E-state index contributed by atoms with van der Waals surface area (Å²) in [4.78, 5) is 38.9. The molecule has 0 atom stereocenters. The van der Waals surface area contributed by atoms with Crippen molar-refractivity contribution in [3.63, 3.8) is 0 Å². The number of para-hydroxylation sites is 1. The Kier molecular flexibility index (Phi) is 9.42. The number of anilines is 4. The zero-order chi connectivity index (χ0) is 25.0. The van der Waals surface area contributed by atoms with Crippen LogP contribution in [0.2, 0.25) is 0 Å². The Morgan fingerprint density at radius 1 is 0.743 bits per heavy atom. The third kappa shape index (κ3) is 7.99. The number of amides is 3. The topological polar surface area (TPSA) is 90.5 Å². The van der Waals surface area contributed by atoms with Gasteiger partial charge in [-0.1, -0.05) is 50.1 Å². The number of carbonyl (C=O) groups is 3. The van der Waals surface area contributed by atoms with Crippen molar-refractivity contribution in [2.24, 2.45) is 0 Å². The van der Waals surface area contributed by atoms with Crippen LogP contribution in [0.3, 0.4) is 0 Å². The first kappa shape index (κ1) is 25.5. The minimum Gasteiger partial charge on any atom is -0.376 e. The number of hydrogen-bond donors (Lipinski definition) is 3. The van der Waals surface area contributed by atoms with E-state index < -0.39 is 0 Å². The number of carbonyl (C=O) groups excluding carboxylic acids is 3. The minimum absolute atomic E-state index is 0.0276. The summed E-state index contributed by atoms with van der Waals surface area (Å²) in [5.74, 6) is -0.414. The molecule has 35 heavy (non-hydrogen) atoms. The molecule has 3 aromatic carbocycles. The van der Waals surface area contributed by atoms with Crippen LogP contribution in [-0.2, 0) is 9.59 Å². The molecule has 182 valence electrons. The molecule has 0 aromatic heterocycles. The van der Waals surface area contributed by atoms with Crippen LogP contribution in [-0.4, -0.2) is 31.3 Å². The molecule has 3 aromatic rings. The Balaban J connectivity index is 1.53. The molecular formula is C28H32N4O3. The van der Waals surface area contributed by atoms with Gasteiger partial charge < -0.3 is 20.9 Å². The van der Waals surface area contributed by atoms with Crippen molar-refractivity contribution >= 4 is 40.5 Å². The predicted molar refractivity (Wildman–Crippen MR) is 142 cm³/mol. The van der Waals surface area contributed by atoms with Gasteiger partial charge >= 0.3 is 0 Å². The van der Waals surface area contributed by atoms with Gasteiger partial charge in [0.2, 0.25) is 11.8 Å². The fraction of sp³-hybridized carbons (Fsp3) is 0.250. The molecule has 7 heteroatoms. The van der Waals surface area contributed by atoms with Crippen molar-refractivity contribution in [3.05, 3.63) is 84.4 Å². The van der Waals surface area contributed by atoms with Gasteiger partial charge in [0.25, 0.3) is 5.91 Å². The highest BCUT2D eigenvalue weighted by Crippen LogP contribution is 2.18. The molecular weight excluding hydrogens is 440 g/mol. The van der Waals surface area contributed by atoms with Crippen LogP contribution in [0, 0.1) is 0 Å². The largest absolute Gasteiger partial charge is 0.376 e. The van der Waals surface area contributed by atoms with Crippen LogP contribution >= 0.6 is 0 Å². The standard InChI is InChI=1S/C28H32N4O3/c1-3-4-6-17-26(33)30-23-13-10-14-24(19-23)31-27(34)20-29-22-12-9-11-21(18-22)28(35)32(2)25-15-7-5-8-16-25/h5,7-16,18-19,29H,3-4,6,17,20H2,1-2H3,(H,30,33)(H,31,34). The van der Waals surface area contributed by atoms with Gasteiger partial charge in [0, 0.05) is 41.8 Å². The second-order valence-electron chi connectivity index (χ2n) is 8.27. The van der Waals surface area contributed by atoms with E-state index in [1.807, 2.05) is 30.3 Å². The van der Waals surface area contributed by atoms with Gasteiger partial charge in [0.1, 0.15) is 0 Å². The zero-order valence-electron chi connectivity index (χ0n) is 20.2. The smallest absolute Gasteiger partial charge is 0.258 e. The van der Waals surface area contributed by atoms with Crippen molar-refractivity contribution in [3.8, 4) is 0 Å². The number of rotatable bonds is 11. The molecule has 3 amide bonds. The van der Waals surface area contributed by atoms with Crippen LogP contribution in [0.15, 0.2) is 78.9 Å². The highest BCUT2D eigenvalue weighted by Gasteiger charge is 2.14. The average Bonchev–Trinajstić information content (AvgIpc) is 2.87. The van der Waals surface area contributed by atoms with E-state index in [1.165, 1.54) is 0 Å². The van der Waals surface area contributed by atoms with Gasteiger partial charge in [0.05, 0.1) is 6.54 Å². The van der Waals surface area contributed by atoms with Crippen LogP contribution in [0.1, 0.15) is 43.0 Å². The van der Waals surface area contributed by atoms with Gasteiger partial charge in [0.15, 0.2) is 0 Å². The fourth-order valence-corrected chi connectivity index (χ4v) is 3.55. The van der Waals surface area contributed by atoms with E-state index in [0.717, 1.165) is 24.9 Å². The molecule has 7 nitrogen and oxygen atoms in total. The van der Waals surface area contributed by atoms with Crippen molar-refractivity contribution in [2.45, 2.75) is 32.6 Å². The summed E-state index contributed by atoms with van der Waals surface area (Å²) in [6.45, 7) is 2.12. The van der Waals surface area contributed by atoms with Crippen LogP contribution < -0.4 is 20.9 Å². The molecule has 0 radical (unpaired) electrons. The summed E-state index contributed by atoms with van der Waals surface area (Å²) in [6, 6.07) is 23.5. The Bertz CT molecular complexity index is 1150. The van der Waals surface area contributed by atoms with E-state index in [1.54, 1.807) is 60.5 Å². The molecule has 0 aliphatic heterocycles. The maximum atomic E-state index is 12.8. The van der Waals surface area contributed by atoms with Crippen LogP contribution in [0.5, 0.6) is 0 Å². The van der Waals surface area contributed by atoms with Gasteiger partial charge in [-0.2, -0.15) is 0 Å². The summed E-state index contributed by atoms with van der Waals surface area (Å²) in [5, 5.41) is 8.76. The molecule has 0 heterocycles. The summed E-state index contributed by atoms with van der Waals surface area (Å²) in [7, 11) is 1.73. The first-order valence-electron chi connectivity index (χ1n) is 11.8. The highest BCUT2D eigenvalue weighted by atomic mass is 16.2. The molecule has 3 N–H and O–H groups in total. The Hall–Kier alpha value is -4.13. The van der Waals surface area contributed by atoms with E-state index in [0.29, 0.717) is 29.0 Å². The van der Waals surface area contributed by atoms with Crippen LogP contribution in [0.25, 0.3) is 0 Å². The Morgan fingerprint density at radius 3 is 2.11 bits per heavy atom. The first-order valence-corrected chi connectivity index (χ1v) is 11.8. The van der Waals surface area contributed by atoms with Crippen molar-refractivity contribution in [2.75, 3.05) is 34.4 Å². The second kappa shape index (κ2) is 12.9. The van der Waals surface area contributed by atoms with Gasteiger partial charge in [-0.15, -0.1) is 0 Å². The summed E-state index contributed by atoms with van der Waals surface area (Å²) in [6.07, 6.45) is 3.43. The normalized spacial score (nSPS) is 10.3.